The maximum absolute atomic E-state index is 12.1. The molecule has 0 radical (unpaired) electrons. The molecule has 0 unspecified atom stereocenters. The number of halogens is 3. The monoisotopic (exact) mass is 331 g/mol. The minimum absolute atomic E-state index is 0.243. The summed E-state index contributed by atoms with van der Waals surface area (Å²) in [6.45, 7) is 1.98. The molecule has 0 aromatic heterocycles. The summed E-state index contributed by atoms with van der Waals surface area (Å²) in [5, 5.41) is 1.85. The third kappa shape index (κ3) is 5.63. The topological polar surface area (TPSA) is 44.8 Å². The van der Waals surface area contributed by atoms with Crippen LogP contribution in [0.4, 0.5) is 23.7 Å². The number of carbonyl (C=O) groups is 1. The van der Waals surface area contributed by atoms with Crippen LogP contribution in [-0.2, 0) is 11.3 Å². The fourth-order valence-corrected chi connectivity index (χ4v) is 2.29. The van der Waals surface area contributed by atoms with Gasteiger partial charge in [-0.25, -0.2) is 4.79 Å². The normalized spacial score (nSPS) is 15.4. The van der Waals surface area contributed by atoms with Gasteiger partial charge in [-0.1, -0.05) is 12.1 Å². The van der Waals surface area contributed by atoms with E-state index in [0.717, 1.165) is 24.3 Å². The number of anilines is 1. The zero-order valence-electron chi connectivity index (χ0n) is 12.9. The van der Waals surface area contributed by atoms with E-state index in [0.29, 0.717) is 13.2 Å². The Kier molecular flexibility index (Phi) is 5.70. The zero-order chi connectivity index (χ0) is 16.9. The van der Waals surface area contributed by atoms with Gasteiger partial charge in [-0.05, 0) is 17.7 Å². The van der Waals surface area contributed by atoms with Crippen molar-refractivity contribution in [2.45, 2.75) is 12.7 Å². The lowest BCUT2D eigenvalue weighted by molar-refractivity contribution is -0.123. The van der Waals surface area contributed by atoms with Gasteiger partial charge in [0.1, 0.15) is 6.54 Å². The first-order valence-electron chi connectivity index (χ1n) is 7.32. The SMILES string of the molecule is CN(Cc1ccc(N2CCOCC2)cc1)C(=O)NCC(F)(F)F. The summed E-state index contributed by atoms with van der Waals surface area (Å²) in [6.07, 6.45) is -4.41. The number of hydrogen-bond donors (Lipinski definition) is 1. The highest BCUT2D eigenvalue weighted by molar-refractivity contribution is 5.73. The van der Waals surface area contributed by atoms with Crippen LogP contribution in [0, 0.1) is 0 Å². The minimum Gasteiger partial charge on any atom is -0.378 e. The molecular formula is C15H20F3N3O2. The molecule has 2 amide bonds. The van der Waals surface area contributed by atoms with Gasteiger partial charge in [-0.2, -0.15) is 13.2 Å². The van der Waals surface area contributed by atoms with Crippen LogP contribution in [0.25, 0.3) is 0 Å². The predicted octanol–water partition coefficient (Wildman–Crippen LogP) is 2.23. The van der Waals surface area contributed by atoms with Gasteiger partial charge in [-0.15, -0.1) is 0 Å². The summed E-state index contributed by atoms with van der Waals surface area (Å²) in [5.74, 6) is 0. The van der Waals surface area contributed by atoms with Gasteiger partial charge in [0.15, 0.2) is 0 Å². The van der Waals surface area contributed by atoms with Crippen LogP contribution in [0.2, 0.25) is 0 Å². The van der Waals surface area contributed by atoms with Crippen LogP contribution >= 0.6 is 0 Å². The number of morpholine rings is 1. The van der Waals surface area contributed by atoms with Crippen molar-refractivity contribution in [2.75, 3.05) is 44.8 Å². The number of benzene rings is 1. The molecule has 23 heavy (non-hydrogen) atoms. The molecule has 1 heterocycles. The molecule has 0 atom stereocenters. The Morgan fingerprint density at radius 3 is 2.43 bits per heavy atom. The smallest absolute Gasteiger partial charge is 0.378 e. The third-order valence-corrected chi connectivity index (χ3v) is 3.52. The van der Waals surface area contributed by atoms with E-state index in [1.807, 2.05) is 29.6 Å². The van der Waals surface area contributed by atoms with Gasteiger partial charge >= 0.3 is 12.2 Å². The van der Waals surface area contributed by atoms with Crippen molar-refractivity contribution in [3.8, 4) is 0 Å². The summed E-state index contributed by atoms with van der Waals surface area (Å²) in [4.78, 5) is 15.0. The van der Waals surface area contributed by atoms with E-state index in [-0.39, 0.29) is 6.54 Å². The van der Waals surface area contributed by atoms with Crippen LogP contribution in [0.5, 0.6) is 0 Å². The lowest BCUT2D eigenvalue weighted by Crippen LogP contribution is -2.41. The van der Waals surface area contributed by atoms with Crippen molar-refractivity contribution in [1.29, 1.82) is 0 Å². The molecule has 0 spiro atoms. The van der Waals surface area contributed by atoms with Crippen molar-refractivity contribution in [2.24, 2.45) is 0 Å². The fraction of sp³-hybridized carbons (Fsp3) is 0.533. The number of amides is 2. The highest BCUT2D eigenvalue weighted by atomic mass is 19.4. The summed E-state index contributed by atoms with van der Waals surface area (Å²) in [5.41, 5.74) is 1.92. The van der Waals surface area contributed by atoms with E-state index >= 15 is 0 Å². The Bertz CT molecular complexity index is 514. The van der Waals surface area contributed by atoms with E-state index in [1.165, 1.54) is 11.9 Å². The number of rotatable bonds is 4. The number of nitrogens with one attached hydrogen (secondary N) is 1. The van der Waals surface area contributed by atoms with Gasteiger partial charge < -0.3 is 19.9 Å². The van der Waals surface area contributed by atoms with E-state index < -0.39 is 18.8 Å². The molecular weight excluding hydrogens is 311 g/mol. The second-order valence-electron chi connectivity index (χ2n) is 5.40. The second-order valence-corrected chi connectivity index (χ2v) is 5.40. The first kappa shape index (κ1) is 17.4. The predicted molar refractivity (Wildman–Crippen MR) is 80.4 cm³/mol. The van der Waals surface area contributed by atoms with Crippen LogP contribution < -0.4 is 10.2 Å². The Labute approximate surface area is 133 Å². The average Bonchev–Trinajstić information content (AvgIpc) is 2.53. The third-order valence-electron chi connectivity index (χ3n) is 3.52. The Hall–Kier alpha value is -1.96. The molecule has 1 aliphatic rings. The Morgan fingerprint density at radius 1 is 1.26 bits per heavy atom. The molecule has 128 valence electrons. The molecule has 0 saturated carbocycles. The zero-order valence-corrected chi connectivity index (χ0v) is 12.9. The molecule has 2 rings (SSSR count). The summed E-state index contributed by atoms with van der Waals surface area (Å²) in [7, 11) is 1.46. The lowest BCUT2D eigenvalue weighted by Gasteiger charge is -2.29. The minimum atomic E-state index is -4.41. The quantitative estimate of drug-likeness (QED) is 0.920. The molecule has 0 aliphatic carbocycles. The van der Waals surface area contributed by atoms with Crippen LogP contribution in [0.15, 0.2) is 24.3 Å². The summed E-state index contributed by atoms with van der Waals surface area (Å²) >= 11 is 0. The van der Waals surface area contributed by atoms with E-state index in [4.69, 9.17) is 4.74 Å². The molecule has 1 aliphatic heterocycles. The molecule has 1 aromatic rings. The molecule has 1 aromatic carbocycles. The Morgan fingerprint density at radius 2 is 1.87 bits per heavy atom. The molecule has 5 nitrogen and oxygen atoms in total. The van der Waals surface area contributed by atoms with E-state index in [1.54, 1.807) is 0 Å². The van der Waals surface area contributed by atoms with Crippen molar-refractivity contribution in [3.05, 3.63) is 29.8 Å². The van der Waals surface area contributed by atoms with Crippen molar-refractivity contribution in [3.63, 3.8) is 0 Å². The largest absolute Gasteiger partial charge is 0.405 e. The van der Waals surface area contributed by atoms with E-state index in [2.05, 4.69) is 4.90 Å². The first-order chi connectivity index (χ1) is 10.8. The maximum atomic E-state index is 12.1. The molecule has 8 heteroatoms. The van der Waals surface area contributed by atoms with Gasteiger partial charge in [0.25, 0.3) is 0 Å². The number of carbonyl (C=O) groups excluding carboxylic acids is 1. The standard InChI is InChI=1S/C15H20F3N3O2/c1-20(14(22)19-11-15(16,17)18)10-12-2-4-13(5-3-12)21-6-8-23-9-7-21/h2-5H,6-11H2,1H3,(H,19,22). The lowest BCUT2D eigenvalue weighted by atomic mass is 10.2. The van der Waals surface area contributed by atoms with Crippen molar-refractivity contribution in [1.82, 2.24) is 10.2 Å². The molecule has 1 N–H and O–H groups in total. The highest BCUT2D eigenvalue weighted by Gasteiger charge is 2.28. The average molecular weight is 331 g/mol. The van der Waals surface area contributed by atoms with Gasteiger partial charge in [0, 0.05) is 32.4 Å². The second kappa shape index (κ2) is 7.54. The number of ether oxygens (including phenoxy) is 1. The maximum Gasteiger partial charge on any atom is 0.405 e. The van der Waals surface area contributed by atoms with Crippen LogP contribution in [0.3, 0.4) is 0 Å². The van der Waals surface area contributed by atoms with Gasteiger partial charge in [0.05, 0.1) is 13.2 Å². The number of hydrogen-bond acceptors (Lipinski definition) is 3. The van der Waals surface area contributed by atoms with Crippen LogP contribution in [-0.4, -0.2) is 57.0 Å². The fourth-order valence-electron chi connectivity index (χ4n) is 2.29. The van der Waals surface area contributed by atoms with Gasteiger partial charge in [-0.3, -0.25) is 0 Å². The summed E-state index contributed by atoms with van der Waals surface area (Å²) in [6, 6.07) is 6.89. The van der Waals surface area contributed by atoms with E-state index in [9.17, 15) is 18.0 Å². The first-order valence-corrected chi connectivity index (χ1v) is 7.32. The van der Waals surface area contributed by atoms with Gasteiger partial charge in [0.2, 0.25) is 0 Å². The number of alkyl halides is 3. The molecule has 1 saturated heterocycles. The molecule has 1 fully saturated rings. The molecule has 0 bridgehead atoms. The van der Waals surface area contributed by atoms with Crippen LogP contribution in [0.1, 0.15) is 5.56 Å². The summed E-state index contributed by atoms with van der Waals surface area (Å²) < 4.78 is 41.5. The number of nitrogens with zero attached hydrogens (tertiary/aromatic N) is 2. The Balaban J connectivity index is 1.86. The highest BCUT2D eigenvalue weighted by Crippen LogP contribution is 2.17. The number of urea groups is 1. The van der Waals surface area contributed by atoms with Crippen molar-refractivity contribution >= 4 is 11.7 Å². The van der Waals surface area contributed by atoms with Crippen molar-refractivity contribution < 1.29 is 22.7 Å².